The number of aliphatic hydroxyl groups excluding tert-OH is 1. The standard InChI is InChI=1S/C19H17O5P/c20-15-16-9-7-8-14-19(16)24-25(21,22-17-10-3-1-4-11-17)23-18-12-5-2-6-13-18/h1-14,20H,15H2. The van der Waals surface area contributed by atoms with Crippen LogP contribution in [0, 0.1) is 0 Å². The van der Waals surface area contributed by atoms with Gasteiger partial charge in [-0.2, -0.15) is 4.57 Å². The molecule has 0 heterocycles. The summed E-state index contributed by atoms with van der Waals surface area (Å²) < 4.78 is 29.9. The molecule has 6 heteroatoms. The topological polar surface area (TPSA) is 65.0 Å². The SMILES string of the molecule is O=P(Oc1ccccc1)(Oc1ccccc1)Oc1ccccc1CO. The summed E-state index contributed by atoms with van der Waals surface area (Å²) >= 11 is 0. The molecule has 1 N–H and O–H groups in total. The Bertz CT molecular complexity index is 806. The summed E-state index contributed by atoms with van der Waals surface area (Å²) in [5, 5.41) is 9.44. The molecule has 25 heavy (non-hydrogen) atoms. The molecule has 0 saturated carbocycles. The smallest absolute Gasteiger partial charge is 0.392 e. The number of hydrogen-bond donors (Lipinski definition) is 1. The summed E-state index contributed by atoms with van der Waals surface area (Å²) in [4.78, 5) is 0. The molecule has 128 valence electrons. The van der Waals surface area contributed by atoms with E-state index in [0.717, 1.165) is 0 Å². The predicted molar refractivity (Wildman–Crippen MR) is 94.7 cm³/mol. The summed E-state index contributed by atoms with van der Waals surface area (Å²) in [6.45, 7) is -0.257. The van der Waals surface area contributed by atoms with Crippen molar-refractivity contribution in [2.75, 3.05) is 0 Å². The highest BCUT2D eigenvalue weighted by molar-refractivity contribution is 7.49. The number of phosphoric acid groups is 1. The number of hydrogen-bond acceptors (Lipinski definition) is 5. The second-order valence-electron chi connectivity index (χ2n) is 5.11. The van der Waals surface area contributed by atoms with Gasteiger partial charge in [-0.25, -0.2) is 0 Å². The van der Waals surface area contributed by atoms with E-state index < -0.39 is 7.82 Å². The molecular weight excluding hydrogens is 339 g/mol. The maximum atomic E-state index is 13.2. The molecular formula is C19H17O5P. The maximum Gasteiger partial charge on any atom is 0.647 e. The molecule has 0 saturated heterocycles. The Labute approximate surface area is 146 Å². The van der Waals surface area contributed by atoms with Gasteiger partial charge in [-0.3, -0.25) is 0 Å². The Morgan fingerprint density at radius 3 is 1.68 bits per heavy atom. The Morgan fingerprint density at radius 2 is 1.16 bits per heavy atom. The third-order valence-electron chi connectivity index (χ3n) is 3.27. The first-order valence-corrected chi connectivity index (χ1v) is 9.12. The van der Waals surface area contributed by atoms with Gasteiger partial charge in [-0.15, -0.1) is 0 Å². The fraction of sp³-hybridized carbons (Fsp3) is 0.0526. The number of phosphoric ester groups is 1. The van der Waals surface area contributed by atoms with E-state index in [-0.39, 0.29) is 12.4 Å². The first kappa shape index (κ1) is 17.1. The van der Waals surface area contributed by atoms with Crippen molar-refractivity contribution in [3.8, 4) is 17.2 Å². The van der Waals surface area contributed by atoms with E-state index in [2.05, 4.69) is 0 Å². The normalized spacial score (nSPS) is 10.9. The van der Waals surface area contributed by atoms with Crippen molar-refractivity contribution in [3.63, 3.8) is 0 Å². The van der Waals surface area contributed by atoms with Crippen LogP contribution in [0.5, 0.6) is 17.2 Å². The monoisotopic (exact) mass is 356 g/mol. The van der Waals surface area contributed by atoms with Crippen LogP contribution >= 0.6 is 7.82 Å². The zero-order valence-corrected chi connectivity index (χ0v) is 14.2. The van der Waals surface area contributed by atoms with Gasteiger partial charge in [0.2, 0.25) is 0 Å². The fourth-order valence-corrected chi connectivity index (χ4v) is 3.41. The molecule has 0 amide bonds. The number of rotatable bonds is 7. The van der Waals surface area contributed by atoms with E-state index in [1.165, 1.54) is 0 Å². The lowest BCUT2D eigenvalue weighted by Gasteiger charge is -2.20. The van der Waals surface area contributed by atoms with Crippen molar-refractivity contribution in [3.05, 3.63) is 90.5 Å². The molecule has 3 aromatic rings. The van der Waals surface area contributed by atoms with Crippen molar-refractivity contribution in [2.45, 2.75) is 6.61 Å². The summed E-state index contributed by atoms with van der Waals surface area (Å²) in [5.41, 5.74) is 0.482. The molecule has 0 fully saturated rings. The van der Waals surface area contributed by atoms with Gasteiger partial charge >= 0.3 is 7.82 Å². The van der Waals surface area contributed by atoms with Crippen LogP contribution in [-0.4, -0.2) is 5.11 Å². The summed E-state index contributed by atoms with van der Waals surface area (Å²) in [6, 6.07) is 24.0. The molecule has 3 rings (SSSR count). The average molecular weight is 356 g/mol. The van der Waals surface area contributed by atoms with Crippen molar-refractivity contribution in [1.82, 2.24) is 0 Å². The lowest BCUT2D eigenvalue weighted by molar-refractivity contribution is 0.269. The second-order valence-corrected chi connectivity index (χ2v) is 6.56. The van der Waals surface area contributed by atoms with Gasteiger partial charge in [0.25, 0.3) is 0 Å². The first-order chi connectivity index (χ1) is 12.2. The highest BCUT2D eigenvalue weighted by Crippen LogP contribution is 2.50. The zero-order valence-electron chi connectivity index (χ0n) is 13.3. The molecule has 5 nitrogen and oxygen atoms in total. The number of benzene rings is 3. The summed E-state index contributed by atoms with van der Waals surface area (Å²) in [5.74, 6) is 0.937. The minimum Gasteiger partial charge on any atom is -0.392 e. The Balaban J connectivity index is 1.92. The first-order valence-electron chi connectivity index (χ1n) is 7.66. The lowest BCUT2D eigenvalue weighted by atomic mass is 10.2. The van der Waals surface area contributed by atoms with Gasteiger partial charge in [-0.1, -0.05) is 54.6 Å². The van der Waals surface area contributed by atoms with E-state index in [1.54, 1.807) is 72.8 Å². The highest BCUT2D eigenvalue weighted by atomic mass is 31.2. The molecule has 0 unspecified atom stereocenters. The third-order valence-corrected chi connectivity index (χ3v) is 4.56. The van der Waals surface area contributed by atoms with Gasteiger partial charge in [0.15, 0.2) is 0 Å². The van der Waals surface area contributed by atoms with Crippen LogP contribution in [0.25, 0.3) is 0 Å². The largest absolute Gasteiger partial charge is 0.647 e. The number of para-hydroxylation sites is 3. The molecule has 0 radical (unpaired) electrons. The second kappa shape index (κ2) is 7.88. The molecule has 3 aromatic carbocycles. The summed E-state index contributed by atoms with van der Waals surface area (Å²) in [7, 11) is -4.04. The quantitative estimate of drug-likeness (QED) is 0.615. The van der Waals surface area contributed by atoms with Gasteiger partial charge in [0, 0.05) is 5.56 Å². The molecule has 0 aliphatic heterocycles. The van der Waals surface area contributed by atoms with Crippen molar-refractivity contribution >= 4 is 7.82 Å². The average Bonchev–Trinajstić information content (AvgIpc) is 2.63. The highest BCUT2D eigenvalue weighted by Gasteiger charge is 2.33. The Morgan fingerprint density at radius 1 is 0.680 bits per heavy atom. The Kier molecular flexibility index (Phi) is 5.39. The number of aliphatic hydroxyl groups is 1. The third kappa shape index (κ3) is 4.63. The van der Waals surface area contributed by atoms with E-state index in [4.69, 9.17) is 13.6 Å². The van der Waals surface area contributed by atoms with Crippen LogP contribution < -0.4 is 13.6 Å². The van der Waals surface area contributed by atoms with Gasteiger partial charge in [0.1, 0.15) is 17.2 Å². The van der Waals surface area contributed by atoms with Crippen LogP contribution in [0.15, 0.2) is 84.9 Å². The molecule has 0 atom stereocenters. The fourth-order valence-electron chi connectivity index (χ4n) is 2.12. The van der Waals surface area contributed by atoms with Crippen LogP contribution in [0.1, 0.15) is 5.56 Å². The maximum absolute atomic E-state index is 13.2. The molecule has 0 aliphatic rings. The molecule has 0 bridgehead atoms. The van der Waals surface area contributed by atoms with Crippen LogP contribution in [0.4, 0.5) is 0 Å². The van der Waals surface area contributed by atoms with Crippen molar-refractivity contribution in [1.29, 1.82) is 0 Å². The zero-order chi connectivity index (χ0) is 17.5. The minimum atomic E-state index is -4.04. The van der Waals surface area contributed by atoms with Crippen molar-refractivity contribution in [2.24, 2.45) is 0 Å². The Hall–Kier alpha value is -2.75. The summed E-state index contributed by atoms with van der Waals surface area (Å²) in [6.07, 6.45) is 0. The van der Waals surface area contributed by atoms with E-state index in [9.17, 15) is 9.67 Å². The molecule has 0 aromatic heterocycles. The van der Waals surface area contributed by atoms with Gasteiger partial charge in [-0.05, 0) is 30.3 Å². The molecule has 0 spiro atoms. The van der Waals surface area contributed by atoms with Crippen molar-refractivity contribution < 1.29 is 23.2 Å². The van der Waals surface area contributed by atoms with E-state index in [1.807, 2.05) is 12.1 Å². The van der Waals surface area contributed by atoms with Crippen LogP contribution in [0.2, 0.25) is 0 Å². The van der Waals surface area contributed by atoms with Gasteiger partial charge < -0.3 is 18.7 Å². The lowest BCUT2D eigenvalue weighted by Crippen LogP contribution is -2.08. The van der Waals surface area contributed by atoms with Crippen LogP contribution in [-0.2, 0) is 11.2 Å². The van der Waals surface area contributed by atoms with E-state index >= 15 is 0 Å². The van der Waals surface area contributed by atoms with E-state index in [0.29, 0.717) is 17.1 Å². The minimum absolute atomic E-state index is 0.236. The van der Waals surface area contributed by atoms with Gasteiger partial charge in [0.05, 0.1) is 6.61 Å². The van der Waals surface area contributed by atoms with Crippen LogP contribution in [0.3, 0.4) is 0 Å². The predicted octanol–water partition coefficient (Wildman–Crippen LogP) is 4.82. The molecule has 0 aliphatic carbocycles.